The number of imide groups is 1. The van der Waals surface area contributed by atoms with Crippen LogP contribution in [-0.4, -0.2) is 49.4 Å². The molecule has 0 aliphatic heterocycles. The Morgan fingerprint density at radius 2 is 1.87 bits per heavy atom. The van der Waals surface area contributed by atoms with Crippen LogP contribution in [0.25, 0.3) is 0 Å². The Bertz CT molecular complexity index is 601. The summed E-state index contributed by atoms with van der Waals surface area (Å²) in [6, 6.07) is 4.50. The fourth-order valence-corrected chi connectivity index (χ4v) is 1.92. The summed E-state index contributed by atoms with van der Waals surface area (Å²) in [5, 5.41) is 7.33. The molecule has 7 heteroatoms. The molecule has 0 saturated carbocycles. The molecule has 0 bridgehead atoms. The molecule has 1 rings (SSSR count). The van der Waals surface area contributed by atoms with Crippen LogP contribution in [0.15, 0.2) is 18.2 Å². The lowest BCUT2D eigenvalue weighted by molar-refractivity contribution is -0.125. The minimum atomic E-state index is -0.614. The van der Waals surface area contributed by atoms with Gasteiger partial charge in [-0.2, -0.15) is 0 Å². The van der Waals surface area contributed by atoms with Crippen molar-refractivity contribution in [2.24, 2.45) is 0 Å². The van der Waals surface area contributed by atoms with E-state index < -0.39 is 18.0 Å². The molecule has 0 saturated heterocycles. The van der Waals surface area contributed by atoms with Crippen molar-refractivity contribution in [1.82, 2.24) is 15.5 Å². The third-order valence-electron chi connectivity index (χ3n) is 3.78. The van der Waals surface area contributed by atoms with E-state index in [0.717, 1.165) is 16.8 Å². The number of anilines is 1. The Kier molecular flexibility index (Phi) is 6.71. The average Bonchev–Trinajstić information content (AvgIpc) is 2.50. The van der Waals surface area contributed by atoms with Gasteiger partial charge in [0.05, 0.1) is 12.6 Å². The van der Waals surface area contributed by atoms with E-state index in [2.05, 4.69) is 16.0 Å². The molecule has 4 amide bonds. The molecule has 7 nitrogen and oxygen atoms in total. The molecule has 0 spiro atoms. The van der Waals surface area contributed by atoms with Gasteiger partial charge >= 0.3 is 6.03 Å². The molecule has 23 heavy (non-hydrogen) atoms. The van der Waals surface area contributed by atoms with E-state index in [1.807, 2.05) is 32.0 Å². The fourth-order valence-electron chi connectivity index (χ4n) is 1.92. The highest BCUT2D eigenvalue weighted by Crippen LogP contribution is 2.17. The molecule has 0 aliphatic rings. The highest BCUT2D eigenvalue weighted by molar-refractivity contribution is 5.97. The Hall–Kier alpha value is -2.41. The Morgan fingerprint density at radius 1 is 1.22 bits per heavy atom. The fraction of sp³-hybridized carbons (Fsp3) is 0.438. The average molecular weight is 320 g/mol. The molecule has 0 heterocycles. The maximum absolute atomic E-state index is 12.1. The topological polar surface area (TPSA) is 90.5 Å². The number of benzene rings is 1. The van der Waals surface area contributed by atoms with Crippen LogP contribution >= 0.6 is 0 Å². The number of hydrogen-bond acceptors (Lipinski definition) is 4. The third-order valence-corrected chi connectivity index (χ3v) is 3.78. The number of aryl methyl sites for hydroxylation is 1. The van der Waals surface area contributed by atoms with Gasteiger partial charge in [-0.05, 0) is 45.0 Å². The van der Waals surface area contributed by atoms with Crippen molar-refractivity contribution < 1.29 is 14.4 Å². The summed E-state index contributed by atoms with van der Waals surface area (Å²) in [4.78, 5) is 36.7. The first-order chi connectivity index (χ1) is 10.8. The molecule has 0 radical (unpaired) electrons. The van der Waals surface area contributed by atoms with Crippen molar-refractivity contribution in [3.63, 3.8) is 0 Å². The summed E-state index contributed by atoms with van der Waals surface area (Å²) in [6.45, 7) is 5.58. The molecule has 1 aromatic carbocycles. The lowest BCUT2D eigenvalue weighted by atomic mass is 10.1. The number of nitrogens with one attached hydrogen (secondary N) is 3. The van der Waals surface area contributed by atoms with Crippen LogP contribution in [0.4, 0.5) is 10.5 Å². The minimum Gasteiger partial charge on any atom is -0.341 e. The second kappa shape index (κ2) is 8.28. The van der Waals surface area contributed by atoms with E-state index in [0.29, 0.717) is 0 Å². The molecular weight excluding hydrogens is 296 g/mol. The number of carbonyl (C=O) groups excluding carboxylic acids is 3. The summed E-state index contributed by atoms with van der Waals surface area (Å²) in [5.41, 5.74) is 2.86. The van der Waals surface area contributed by atoms with Crippen molar-refractivity contribution in [2.75, 3.05) is 26.0 Å². The smallest absolute Gasteiger partial charge is 0.321 e. The second-order valence-corrected chi connectivity index (χ2v) is 5.46. The largest absolute Gasteiger partial charge is 0.341 e. The summed E-state index contributed by atoms with van der Waals surface area (Å²) in [5.74, 6) is -0.688. The summed E-state index contributed by atoms with van der Waals surface area (Å²) in [7, 11) is 3.07. The lowest BCUT2D eigenvalue weighted by Crippen LogP contribution is -2.49. The van der Waals surface area contributed by atoms with Crippen molar-refractivity contribution in [3.05, 3.63) is 29.3 Å². The molecule has 3 N–H and O–H groups in total. The number of nitrogens with zero attached hydrogens (tertiary/aromatic N) is 1. The van der Waals surface area contributed by atoms with Gasteiger partial charge in [-0.25, -0.2) is 4.79 Å². The predicted molar refractivity (Wildman–Crippen MR) is 89.2 cm³/mol. The lowest BCUT2D eigenvalue weighted by Gasteiger charge is -2.23. The molecule has 1 atom stereocenters. The number of amides is 4. The molecule has 0 aromatic heterocycles. The highest BCUT2D eigenvalue weighted by atomic mass is 16.2. The molecule has 0 unspecified atom stereocenters. The van der Waals surface area contributed by atoms with Gasteiger partial charge in [-0.15, -0.1) is 0 Å². The zero-order valence-corrected chi connectivity index (χ0v) is 14.2. The van der Waals surface area contributed by atoms with Crippen molar-refractivity contribution in [2.45, 2.75) is 26.8 Å². The number of hydrogen-bond donors (Lipinski definition) is 3. The highest BCUT2D eigenvalue weighted by Gasteiger charge is 2.21. The van der Waals surface area contributed by atoms with Crippen LogP contribution in [-0.2, 0) is 9.59 Å². The quantitative estimate of drug-likeness (QED) is 0.755. The molecule has 0 aliphatic carbocycles. The van der Waals surface area contributed by atoms with E-state index in [4.69, 9.17) is 0 Å². The van der Waals surface area contributed by atoms with Crippen LogP contribution in [0.5, 0.6) is 0 Å². The van der Waals surface area contributed by atoms with E-state index >= 15 is 0 Å². The van der Waals surface area contributed by atoms with E-state index in [1.54, 1.807) is 18.9 Å². The molecular formula is C16H24N4O3. The molecule has 1 aromatic rings. The second-order valence-electron chi connectivity index (χ2n) is 5.46. The number of carbonyl (C=O) groups is 3. The SMILES string of the molecule is CNC(=O)NC(=O)[C@@H](C)N(C)CC(=O)Nc1cccc(C)c1C. The van der Waals surface area contributed by atoms with Crippen LogP contribution in [0.3, 0.4) is 0 Å². The van der Waals surface area contributed by atoms with Crippen LogP contribution in [0, 0.1) is 13.8 Å². The van der Waals surface area contributed by atoms with Gasteiger partial charge in [-0.1, -0.05) is 12.1 Å². The maximum atomic E-state index is 12.1. The zero-order valence-electron chi connectivity index (χ0n) is 14.2. The van der Waals surface area contributed by atoms with Gasteiger partial charge in [0.2, 0.25) is 11.8 Å². The van der Waals surface area contributed by atoms with Crippen molar-refractivity contribution in [1.29, 1.82) is 0 Å². The third kappa shape index (κ3) is 5.37. The Morgan fingerprint density at radius 3 is 2.48 bits per heavy atom. The molecule has 0 fully saturated rings. The minimum absolute atomic E-state index is 0.0374. The Labute approximate surface area is 136 Å². The number of rotatable bonds is 5. The van der Waals surface area contributed by atoms with Crippen molar-refractivity contribution >= 4 is 23.5 Å². The van der Waals surface area contributed by atoms with Crippen LogP contribution in [0.2, 0.25) is 0 Å². The summed E-state index contributed by atoms with van der Waals surface area (Å²) < 4.78 is 0. The standard InChI is InChI=1S/C16H24N4O3/c1-10-7-6-8-13(11(10)2)18-14(21)9-20(5)12(3)15(22)19-16(23)17-4/h6-8,12H,9H2,1-5H3,(H,18,21)(H2,17,19,22,23)/t12-/m1/s1. The van der Waals surface area contributed by atoms with E-state index in [9.17, 15) is 14.4 Å². The van der Waals surface area contributed by atoms with Gasteiger partial charge < -0.3 is 10.6 Å². The zero-order chi connectivity index (χ0) is 17.6. The van der Waals surface area contributed by atoms with Crippen LogP contribution < -0.4 is 16.0 Å². The van der Waals surface area contributed by atoms with Crippen LogP contribution in [0.1, 0.15) is 18.1 Å². The van der Waals surface area contributed by atoms with Gasteiger partial charge in [0, 0.05) is 12.7 Å². The van der Waals surface area contributed by atoms with Gasteiger partial charge in [0.25, 0.3) is 0 Å². The maximum Gasteiger partial charge on any atom is 0.321 e. The van der Waals surface area contributed by atoms with Crippen molar-refractivity contribution in [3.8, 4) is 0 Å². The summed E-state index contributed by atoms with van der Waals surface area (Å²) >= 11 is 0. The van der Waals surface area contributed by atoms with E-state index in [1.165, 1.54) is 7.05 Å². The van der Waals surface area contributed by atoms with Gasteiger partial charge in [0.15, 0.2) is 0 Å². The monoisotopic (exact) mass is 320 g/mol. The first kappa shape index (κ1) is 18.6. The van der Waals surface area contributed by atoms with E-state index in [-0.39, 0.29) is 12.5 Å². The van der Waals surface area contributed by atoms with Gasteiger partial charge in [-0.3, -0.25) is 19.8 Å². The van der Waals surface area contributed by atoms with Gasteiger partial charge in [0.1, 0.15) is 0 Å². The first-order valence-corrected chi connectivity index (χ1v) is 7.35. The molecule has 126 valence electrons. The Balaban J connectivity index is 2.61. The number of urea groups is 1. The first-order valence-electron chi connectivity index (χ1n) is 7.35. The number of likely N-dealkylation sites (N-methyl/N-ethyl adjacent to an activating group) is 1. The summed E-state index contributed by atoms with van der Waals surface area (Å²) in [6.07, 6.45) is 0. The predicted octanol–water partition coefficient (Wildman–Crippen LogP) is 1.02. The normalized spacial score (nSPS) is 11.7.